The topological polar surface area (TPSA) is 44.1 Å². The molecular formula is C10H16N2O. The number of carbonyl (C=O) groups excluding carboxylic acids is 1. The number of rotatable bonds is 1. The number of nitrogens with zero attached hydrogens (tertiary/aromatic N) is 2. The van der Waals surface area contributed by atoms with Crippen LogP contribution in [-0.4, -0.2) is 23.9 Å². The van der Waals surface area contributed by atoms with Crippen molar-refractivity contribution in [3.8, 4) is 6.07 Å². The van der Waals surface area contributed by atoms with Gasteiger partial charge >= 0.3 is 0 Å². The van der Waals surface area contributed by atoms with Crippen LogP contribution >= 0.6 is 0 Å². The van der Waals surface area contributed by atoms with Crippen molar-refractivity contribution in [3.05, 3.63) is 0 Å². The van der Waals surface area contributed by atoms with Gasteiger partial charge in [0.05, 0.1) is 6.07 Å². The Bertz CT molecular complexity index is 252. The Balaban J connectivity index is 2.65. The Labute approximate surface area is 79.3 Å². The van der Waals surface area contributed by atoms with Crippen molar-refractivity contribution < 1.29 is 4.79 Å². The predicted molar refractivity (Wildman–Crippen MR) is 49.8 cm³/mol. The molecule has 3 nitrogen and oxygen atoms in total. The summed E-state index contributed by atoms with van der Waals surface area (Å²) in [6.07, 6.45) is 1.06. The first-order chi connectivity index (χ1) is 5.97. The van der Waals surface area contributed by atoms with Gasteiger partial charge < -0.3 is 4.90 Å². The van der Waals surface area contributed by atoms with Gasteiger partial charge in [-0.1, -0.05) is 6.92 Å². The SMILES string of the molecule is C[C@@H]1CCN(C(=O)C(C)(C)C#N)C1. The van der Waals surface area contributed by atoms with Crippen LogP contribution in [0.3, 0.4) is 0 Å². The van der Waals surface area contributed by atoms with Crippen LogP contribution in [-0.2, 0) is 4.79 Å². The van der Waals surface area contributed by atoms with Gasteiger partial charge in [-0.15, -0.1) is 0 Å². The number of carbonyl (C=O) groups is 1. The van der Waals surface area contributed by atoms with E-state index in [0.29, 0.717) is 5.92 Å². The van der Waals surface area contributed by atoms with Crippen LogP contribution in [0.5, 0.6) is 0 Å². The van der Waals surface area contributed by atoms with E-state index in [9.17, 15) is 4.79 Å². The van der Waals surface area contributed by atoms with E-state index in [4.69, 9.17) is 5.26 Å². The zero-order chi connectivity index (χ0) is 10.1. The van der Waals surface area contributed by atoms with Gasteiger partial charge in [0, 0.05) is 13.1 Å². The monoisotopic (exact) mass is 180 g/mol. The minimum absolute atomic E-state index is 0.0284. The highest BCUT2D eigenvalue weighted by Gasteiger charge is 2.34. The molecule has 0 aliphatic carbocycles. The maximum atomic E-state index is 11.7. The van der Waals surface area contributed by atoms with Crippen molar-refractivity contribution in [3.63, 3.8) is 0 Å². The van der Waals surface area contributed by atoms with Crippen LogP contribution in [0.1, 0.15) is 27.2 Å². The van der Waals surface area contributed by atoms with E-state index in [1.54, 1.807) is 18.7 Å². The summed E-state index contributed by atoms with van der Waals surface area (Å²) in [5.41, 5.74) is -0.857. The molecule has 0 radical (unpaired) electrons. The summed E-state index contributed by atoms with van der Waals surface area (Å²) in [4.78, 5) is 13.5. The summed E-state index contributed by atoms with van der Waals surface area (Å²) >= 11 is 0. The molecule has 1 heterocycles. The molecule has 1 fully saturated rings. The zero-order valence-corrected chi connectivity index (χ0v) is 8.50. The summed E-state index contributed by atoms with van der Waals surface area (Å²) in [6.45, 7) is 7.11. The lowest BCUT2D eigenvalue weighted by Gasteiger charge is -2.23. The standard InChI is InChI=1S/C10H16N2O/c1-8-4-5-12(6-8)9(13)10(2,3)7-11/h8H,4-6H2,1-3H3/t8-/m1/s1. The molecule has 1 rings (SSSR count). The molecule has 0 bridgehead atoms. The predicted octanol–water partition coefficient (Wildman–Crippen LogP) is 1.40. The highest BCUT2D eigenvalue weighted by Crippen LogP contribution is 2.23. The molecule has 1 aliphatic heterocycles. The van der Waals surface area contributed by atoms with Gasteiger partial charge in [-0.2, -0.15) is 5.26 Å². The minimum Gasteiger partial charge on any atom is -0.341 e. The molecule has 1 amide bonds. The molecule has 0 unspecified atom stereocenters. The van der Waals surface area contributed by atoms with E-state index in [1.165, 1.54) is 0 Å². The fourth-order valence-electron chi connectivity index (χ4n) is 1.56. The Kier molecular flexibility index (Phi) is 2.60. The first-order valence-electron chi connectivity index (χ1n) is 4.68. The Hall–Kier alpha value is -1.04. The molecule has 0 aromatic heterocycles. The molecule has 0 aromatic carbocycles. The maximum absolute atomic E-state index is 11.7. The third-order valence-electron chi connectivity index (χ3n) is 2.53. The van der Waals surface area contributed by atoms with Gasteiger partial charge in [-0.25, -0.2) is 0 Å². The average Bonchev–Trinajstić information content (AvgIpc) is 2.50. The van der Waals surface area contributed by atoms with Gasteiger partial charge in [0.15, 0.2) is 0 Å². The van der Waals surface area contributed by atoms with Gasteiger partial charge in [0.1, 0.15) is 5.41 Å². The molecule has 1 atom stereocenters. The molecule has 1 saturated heterocycles. The molecule has 0 N–H and O–H groups in total. The first kappa shape index (κ1) is 10.0. The summed E-state index contributed by atoms with van der Waals surface area (Å²) in [7, 11) is 0. The fraction of sp³-hybridized carbons (Fsp3) is 0.800. The normalized spacial score (nSPS) is 22.9. The Morgan fingerprint density at radius 1 is 1.62 bits per heavy atom. The molecule has 0 spiro atoms. The van der Waals surface area contributed by atoms with Gasteiger partial charge in [0.2, 0.25) is 5.91 Å². The quantitative estimate of drug-likeness (QED) is 0.612. The van der Waals surface area contributed by atoms with Crippen LogP contribution in [0, 0.1) is 22.7 Å². The van der Waals surface area contributed by atoms with Crippen molar-refractivity contribution in [1.82, 2.24) is 4.90 Å². The molecule has 0 aromatic rings. The van der Waals surface area contributed by atoms with Crippen molar-refractivity contribution >= 4 is 5.91 Å². The van der Waals surface area contributed by atoms with E-state index in [2.05, 4.69) is 6.92 Å². The Morgan fingerprint density at radius 3 is 2.62 bits per heavy atom. The fourth-order valence-corrected chi connectivity index (χ4v) is 1.56. The smallest absolute Gasteiger partial charge is 0.242 e. The van der Waals surface area contributed by atoms with Crippen LogP contribution in [0.4, 0.5) is 0 Å². The number of amides is 1. The summed E-state index contributed by atoms with van der Waals surface area (Å²) < 4.78 is 0. The van der Waals surface area contributed by atoms with E-state index < -0.39 is 5.41 Å². The number of hydrogen-bond donors (Lipinski definition) is 0. The van der Waals surface area contributed by atoms with E-state index in [-0.39, 0.29) is 5.91 Å². The zero-order valence-electron chi connectivity index (χ0n) is 8.50. The second-order valence-corrected chi connectivity index (χ2v) is 4.38. The van der Waals surface area contributed by atoms with E-state index >= 15 is 0 Å². The maximum Gasteiger partial charge on any atom is 0.242 e. The van der Waals surface area contributed by atoms with Gasteiger partial charge in [-0.3, -0.25) is 4.79 Å². The van der Waals surface area contributed by atoms with E-state index in [0.717, 1.165) is 19.5 Å². The Morgan fingerprint density at radius 2 is 2.23 bits per heavy atom. The molecule has 72 valence electrons. The third kappa shape index (κ3) is 2.00. The van der Waals surface area contributed by atoms with Gasteiger partial charge in [-0.05, 0) is 26.2 Å². The van der Waals surface area contributed by atoms with Crippen molar-refractivity contribution in [2.75, 3.05) is 13.1 Å². The van der Waals surface area contributed by atoms with Crippen LogP contribution in [0.2, 0.25) is 0 Å². The van der Waals surface area contributed by atoms with Crippen LogP contribution in [0.15, 0.2) is 0 Å². The van der Waals surface area contributed by atoms with Crippen molar-refractivity contribution in [1.29, 1.82) is 5.26 Å². The second-order valence-electron chi connectivity index (χ2n) is 4.38. The molecule has 13 heavy (non-hydrogen) atoms. The third-order valence-corrected chi connectivity index (χ3v) is 2.53. The summed E-state index contributed by atoms with van der Waals surface area (Å²) in [5, 5.41) is 8.79. The van der Waals surface area contributed by atoms with E-state index in [1.807, 2.05) is 6.07 Å². The number of likely N-dealkylation sites (tertiary alicyclic amines) is 1. The summed E-state index contributed by atoms with van der Waals surface area (Å²) in [5.74, 6) is 0.554. The number of nitriles is 1. The highest BCUT2D eigenvalue weighted by molar-refractivity contribution is 5.84. The first-order valence-corrected chi connectivity index (χ1v) is 4.68. The minimum atomic E-state index is -0.857. The van der Waals surface area contributed by atoms with Crippen molar-refractivity contribution in [2.24, 2.45) is 11.3 Å². The average molecular weight is 180 g/mol. The largest absolute Gasteiger partial charge is 0.341 e. The van der Waals surface area contributed by atoms with Crippen LogP contribution < -0.4 is 0 Å². The van der Waals surface area contributed by atoms with Gasteiger partial charge in [0.25, 0.3) is 0 Å². The lowest BCUT2D eigenvalue weighted by molar-refractivity contribution is -0.136. The number of hydrogen-bond acceptors (Lipinski definition) is 2. The lowest BCUT2D eigenvalue weighted by atomic mass is 9.94. The second kappa shape index (κ2) is 3.37. The molecule has 1 aliphatic rings. The molecular weight excluding hydrogens is 164 g/mol. The van der Waals surface area contributed by atoms with Crippen molar-refractivity contribution in [2.45, 2.75) is 27.2 Å². The highest BCUT2D eigenvalue weighted by atomic mass is 16.2. The summed E-state index contributed by atoms with van der Waals surface area (Å²) in [6, 6.07) is 2.04. The van der Waals surface area contributed by atoms with Crippen LogP contribution in [0.25, 0.3) is 0 Å². The molecule has 0 saturated carbocycles. The molecule has 3 heteroatoms. The lowest BCUT2D eigenvalue weighted by Crippen LogP contribution is -2.38.